The van der Waals surface area contributed by atoms with Crippen molar-refractivity contribution in [2.24, 2.45) is 5.92 Å². The van der Waals surface area contributed by atoms with E-state index in [1.807, 2.05) is 0 Å². The van der Waals surface area contributed by atoms with E-state index in [-0.39, 0.29) is 47.1 Å². The van der Waals surface area contributed by atoms with Crippen LogP contribution in [0.15, 0.2) is 46.3 Å². The Morgan fingerprint density at radius 1 is 1.07 bits per heavy atom. The van der Waals surface area contributed by atoms with E-state index in [0.717, 1.165) is 47.6 Å². The molecule has 0 unspecified atom stereocenters. The maximum atomic E-state index is 13.6. The third-order valence-electron chi connectivity index (χ3n) is 7.24. The molecule has 0 radical (unpaired) electrons. The molecule has 1 aliphatic carbocycles. The Labute approximate surface area is 249 Å². The monoisotopic (exact) mass is 638 g/mol. The number of hydrogen-bond acceptors (Lipinski definition) is 10. The van der Waals surface area contributed by atoms with Gasteiger partial charge in [-0.15, -0.1) is 0 Å². The number of anilines is 1. The lowest BCUT2D eigenvalue weighted by atomic mass is 9.87. The normalized spacial score (nSPS) is 15.3. The van der Waals surface area contributed by atoms with Gasteiger partial charge in [-0.2, -0.15) is 4.31 Å². The Bertz CT molecular complexity index is 1630. The summed E-state index contributed by atoms with van der Waals surface area (Å²) in [6.07, 6.45) is 5.51. The molecule has 0 bridgehead atoms. The fourth-order valence-corrected chi connectivity index (χ4v) is 7.91. The minimum Gasteiger partial charge on any atom is -0.481 e. The molecule has 1 aromatic carbocycles. The van der Waals surface area contributed by atoms with Crippen LogP contribution in [0.4, 0.5) is 5.13 Å². The van der Waals surface area contributed by atoms with Crippen LogP contribution >= 0.6 is 11.3 Å². The molecule has 1 fully saturated rings. The second kappa shape index (κ2) is 13.5. The van der Waals surface area contributed by atoms with Crippen molar-refractivity contribution in [1.29, 1.82) is 0 Å². The van der Waals surface area contributed by atoms with Crippen LogP contribution in [-0.4, -0.2) is 81.2 Å². The number of methoxy groups -OCH3 is 1. The summed E-state index contributed by atoms with van der Waals surface area (Å²) in [5, 5.41) is 12.1. The second-order valence-electron chi connectivity index (χ2n) is 10.3. The van der Waals surface area contributed by atoms with E-state index < -0.39 is 31.7 Å². The van der Waals surface area contributed by atoms with E-state index >= 15 is 0 Å². The van der Waals surface area contributed by atoms with Crippen LogP contribution < -0.4 is 5.32 Å². The average molecular weight is 639 g/mol. The highest BCUT2D eigenvalue weighted by atomic mass is 32.2. The zero-order valence-electron chi connectivity index (χ0n) is 23.4. The van der Waals surface area contributed by atoms with E-state index in [1.165, 1.54) is 25.3 Å². The molecule has 2 heterocycles. The predicted molar refractivity (Wildman–Crippen MR) is 158 cm³/mol. The lowest BCUT2D eigenvalue weighted by molar-refractivity contribution is -0.137. The number of ether oxygens (including phenoxy) is 1. The van der Waals surface area contributed by atoms with Crippen molar-refractivity contribution < 1.29 is 36.3 Å². The van der Waals surface area contributed by atoms with E-state index in [2.05, 4.69) is 15.3 Å². The van der Waals surface area contributed by atoms with Crippen LogP contribution in [-0.2, 0) is 34.2 Å². The Balaban J connectivity index is 1.58. The van der Waals surface area contributed by atoms with Gasteiger partial charge in [-0.1, -0.05) is 49.2 Å². The number of carboxylic acids is 1. The maximum Gasteiger partial charge on any atom is 0.304 e. The van der Waals surface area contributed by atoms with Gasteiger partial charge in [-0.3, -0.25) is 9.59 Å². The number of amides is 1. The number of nitrogens with zero attached hydrogens (tertiary/aromatic N) is 3. The number of sulfone groups is 1. The van der Waals surface area contributed by atoms with Gasteiger partial charge in [-0.05, 0) is 42.2 Å². The third kappa shape index (κ3) is 7.89. The van der Waals surface area contributed by atoms with Crippen LogP contribution in [0.2, 0.25) is 0 Å². The summed E-state index contributed by atoms with van der Waals surface area (Å²) in [7, 11) is -6.07. The Hall–Kier alpha value is -2.98. The van der Waals surface area contributed by atoms with Crippen LogP contribution in [0.5, 0.6) is 0 Å². The number of carbonyl (C=O) groups is 2. The van der Waals surface area contributed by atoms with Gasteiger partial charge in [0.15, 0.2) is 20.0 Å². The number of nitrogens with one attached hydrogen (secondary N) is 1. The highest BCUT2D eigenvalue weighted by Gasteiger charge is 2.29. The lowest BCUT2D eigenvalue weighted by Gasteiger charge is -2.23. The second-order valence-corrected chi connectivity index (χ2v) is 15.2. The number of aliphatic carboxylic acids is 1. The number of benzene rings is 1. The number of thiazole rings is 1. The highest BCUT2D eigenvalue weighted by Crippen LogP contribution is 2.36. The molecule has 15 heteroatoms. The first-order valence-electron chi connectivity index (χ1n) is 13.5. The number of fused-ring (bicyclic) bond motifs is 1. The number of carboxylic acid groups (broad SMARTS) is 1. The van der Waals surface area contributed by atoms with Crippen molar-refractivity contribution in [1.82, 2.24) is 14.3 Å². The standard InChI is InChI=1S/C27H34N4O8S3/c1-39-16-15-31(14-13-24(32)33)42(37,38)20-9-7-19(8-10-20)21(17-18-5-3-4-6-18)25(34)30-27-28-22-11-12-23(41(2,35)36)29-26(22)40-27/h7-12,18,21H,3-6,13-17H2,1-2H3,(H,32,33)(H,28,30,34)/t21-/m1/s1. The number of hydrogen-bond donors (Lipinski definition) is 2. The fourth-order valence-electron chi connectivity index (χ4n) is 5.01. The van der Waals surface area contributed by atoms with Crippen LogP contribution in [0.3, 0.4) is 0 Å². The van der Waals surface area contributed by atoms with Gasteiger partial charge in [-0.25, -0.2) is 26.8 Å². The SMILES string of the molecule is COCCN(CCC(=O)O)S(=O)(=O)c1ccc([C@@H](CC2CCCC2)C(=O)Nc2nc3ccc(S(C)(=O)=O)nc3s2)cc1. The molecule has 0 saturated heterocycles. The van der Waals surface area contributed by atoms with Crippen molar-refractivity contribution in [3.63, 3.8) is 0 Å². The van der Waals surface area contributed by atoms with Crippen molar-refractivity contribution in [3.05, 3.63) is 42.0 Å². The molecule has 3 aromatic rings. The summed E-state index contributed by atoms with van der Waals surface area (Å²) in [5.74, 6) is -1.64. The zero-order valence-corrected chi connectivity index (χ0v) is 25.8. The molecule has 2 N–H and O–H groups in total. The first-order valence-corrected chi connectivity index (χ1v) is 17.6. The summed E-state index contributed by atoms with van der Waals surface area (Å²) >= 11 is 1.08. The molecule has 42 heavy (non-hydrogen) atoms. The summed E-state index contributed by atoms with van der Waals surface area (Å²) in [6.45, 7) is -0.0844. The topological polar surface area (TPSA) is 173 Å². The molecule has 1 amide bonds. The average Bonchev–Trinajstić information content (AvgIpc) is 3.60. The third-order valence-corrected chi connectivity index (χ3v) is 11.0. The van der Waals surface area contributed by atoms with Gasteiger partial charge < -0.3 is 15.2 Å². The molecule has 1 saturated carbocycles. The van der Waals surface area contributed by atoms with Gasteiger partial charge in [0.1, 0.15) is 10.3 Å². The summed E-state index contributed by atoms with van der Waals surface area (Å²) in [5.41, 5.74) is 1.11. The van der Waals surface area contributed by atoms with Crippen molar-refractivity contribution in [3.8, 4) is 0 Å². The number of aromatic nitrogens is 2. The highest BCUT2D eigenvalue weighted by molar-refractivity contribution is 7.90. The molecule has 12 nitrogen and oxygen atoms in total. The molecular formula is C27H34N4O8S3. The fraction of sp³-hybridized carbons (Fsp3) is 0.481. The van der Waals surface area contributed by atoms with Gasteiger partial charge in [0.2, 0.25) is 15.9 Å². The van der Waals surface area contributed by atoms with Gasteiger partial charge in [0, 0.05) is 26.5 Å². The zero-order chi connectivity index (χ0) is 30.5. The quantitative estimate of drug-likeness (QED) is 0.266. The summed E-state index contributed by atoms with van der Waals surface area (Å²) < 4.78 is 56.5. The number of rotatable bonds is 14. The van der Waals surface area contributed by atoms with E-state index in [1.54, 1.807) is 18.2 Å². The number of sulfonamides is 1. The first-order chi connectivity index (χ1) is 19.9. The first kappa shape index (κ1) is 31.9. The van der Waals surface area contributed by atoms with Gasteiger partial charge in [0.05, 0.1) is 23.8 Å². The van der Waals surface area contributed by atoms with E-state index in [9.17, 15) is 26.4 Å². The van der Waals surface area contributed by atoms with Crippen LogP contribution in [0, 0.1) is 5.92 Å². The molecule has 4 rings (SSSR count). The number of carbonyl (C=O) groups excluding carboxylic acids is 1. The van der Waals surface area contributed by atoms with Gasteiger partial charge in [0.25, 0.3) is 0 Å². The molecule has 0 spiro atoms. The summed E-state index contributed by atoms with van der Waals surface area (Å²) in [4.78, 5) is 33.6. The Morgan fingerprint density at radius 2 is 1.76 bits per heavy atom. The molecule has 228 valence electrons. The summed E-state index contributed by atoms with van der Waals surface area (Å²) in [6, 6.07) is 9.04. The molecule has 1 atom stereocenters. The van der Waals surface area contributed by atoms with Crippen LogP contribution in [0.25, 0.3) is 10.3 Å². The van der Waals surface area contributed by atoms with E-state index in [4.69, 9.17) is 9.84 Å². The smallest absolute Gasteiger partial charge is 0.304 e. The van der Waals surface area contributed by atoms with E-state index in [0.29, 0.717) is 28.2 Å². The molecule has 0 aliphatic heterocycles. The predicted octanol–water partition coefficient (Wildman–Crippen LogP) is 3.51. The van der Waals surface area contributed by atoms with Crippen molar-refractivity contribution in [2.75, 3.05) is 38.4 Å². The van der Waals surface area contributed by atoms with Crippen LogP contribution in [0.1, 0.15) is 50.0 Å². The minimum absolute atomic E-state index is 0.00325. The molecule has 2 aromatic heterocycles. The maximum absolute atomic E-state index is 13.6. The molecular weight excluding hydrogens is 605 g/mol. The molecule has 1 aliphatic rings. The Kier molecular flexibility index (Phi) is 10.3. The van der Waals surface area contributed by atoms with Crippen molar-refractivity contribution >= 4 is 58.6 Å². The number of pyridine rings is 1. The lowest BCUT2D eigenvalue weighted by Crippen LogP contribution is -2.35. The van der Waals surface area contributed by atoms with Crippen molar-refractivity contribution in [2.45, 2.75) is 54.4 Å². The Morgan fingerprint density at radius 3 is 2.38 bits per heavy atom. The van der Waals surface area contributed by atoms with Gasteiger partial charge >= 0.3 is 5.97 Å². The minimum atomic E-state index is -4.00. The largest absolute Gasteiger partial charge is 0.481 e.